The number of aromatic nitrogens is 1. The standard InChI is InChI=1S/C12H13N3O3/c13-10(16)9-3-8(1-2-14-9)11(17)15-4-12(5-15)6-18-7-12/h1-3H,4-7H2,(H2,13,16). The van der Waals surface area contributed by atoms with Crippen molar-refractivity contribution in [2.45, 2.75) is 0 Å². The minimum absolute atomic E-state index is 0.0857. The van der Waals surface area contributed by atoms with Crippen molar-refractivity contribution in [3.8, 4) is 0 Å². The summed E-state index contributed by atoms with van der Waals surface area (Å²) >= 11 is 0. The molecule has 2 amide bonds. The Bertz CT molecular complexity index is 517. The maximum absolute atomic E-state index is 12.1. The summed E-state index contributed by atoms with van der Waals surface area (Å²) in [6, 6.07) is 3.03. The zero-order chi connectivity index (χ0) is 12.8. The molecule has 0 aromatic carbocycles. The summed E-state index contributed by atoms with van der Waals surface area (Å²) in [6.45, 7) is 2.92. The van der Waals surface area contributed by atoms with Gasteiger partial charge in [-0.05, 0) is 12.1 Å². The van der Waals surface area contributed by atoms with E-state index in [9.17, 15) is 9.59 Å². The molecule has 0 saturated carbocycles. The highest BCUT2D eigenvalue weighted by Gasteiger charge is 2.50. The van der Waals surface area contributed by atoms with E-state index in [2.05, 4.69) is 4.98 Å². The van der Waals surface area contributed by atoms with Gasteiger partial charge in [-0.1, -0.05) is 0 Å². The van der Waals surface area contributed by atoms with Crippen molar-refractivity contribution in [3.63, 3.8) is 0 Å². The predicted octanol–water partition coefficient (Wildman–Crippen LogP) is -0.347. The number of hydrogen-bond donors (Lipinski definition) is 1. The summed E-state index contributed by atoms with van der Waals surface area (Å²) in [5.41, 5.74) is 5.89. The Hall–Kier alpha value is -1.95. The molecule has 1 aromatic heterocycles. The van der Waals surface area contributed by atoms with Crippen molar-refractivity contribution in [1.82, 2.24) is 9.88 Å². The van der Waals surface area contributed by atoms with Crippen LogP contribution < -0.4 is 5.73 Å². The average molecular weight is 247 g/mol. The van der Waals surface area contributed by atoms with Gasteiger partial charge in [0.15, 0.2) is 0 Å². The molecule has 2 fully saturated rings. The lowest BCUT2D eigenvalue weighted by Crippen LogP contribution is -2.67. The molecule has 0 radical (unpaired) electrons. The van der Waals surface area contributed by atoms with Crippen molar-refractivity contribution < 1.29 is 14.3 Å². The minimum Gasteiger partial charge on any atom is -0.380 e. The maximum Gasteiger partial charge on any atom is 0.267 e. The van der Waals surface area contributed by atoms with Crippen LogP contribution in [0.15, 0.2) is 18.3 Å². The van der Waals surface area contributed by atoms with Gasteiger partial charge in [-0.3, -0.25) is 14.6 Å². The van der Waals surface area contributed by atoms with Gasteiger partial charge in [0.1, 0.15) is 5.69 Å². The normalized spacial score (nSPS) is 20.1. The fourth-order valence-electron chi connectivity index (χ4n) is 2.36. The van der Waals surface area contributed by atoms with Crippen molar-refractivity contribution >= 4 is 11.8 Å². The molecule has 6 heteroatoms. The van der Waals surface area contributed by atoms with Gasteiger partial charge in [0.25, 0.3) is 11.8 Å². The van der Waals surface area contributed by atoms with Crippen LogP contribution in [-0.4, -0.2) is 48.0 Å². The lowest BCUT2D eigenvalue weighted by molar-refractivity contribution is -0.176. The maximum atomic E-state index is 12.1. The van der Waals surface area contributed by atoms with Crippen LogP contribution in [0.1, 0.15) is 20.8 Å². The highest BCUT2D eigenvalue weighted by atomic mass is 16.5. The molecular weight excluding hydrogens is 234 g/mol. The Morgan fingerprint density at radius 3 is 2.67 bits per heavy atom. The molecule has 94 valence electrons. The highest BCUT2D eigenvalue weighted by molar-refractivity contribution is 5.98. The van der Waals surface area contributed by atoms with Crippen LogP contribution in [0.4, 0.5) is 0 Å². The van der Waals surface area contributed by atoms with E-state index in [4.69, 9.17) is 10.5 Å². The molecule has 3 rings (SSSR count). The number of primary amides is 1. The monoisotopic (exact) mass is 247 g/mol. The van der Waals surface area contributed by atoms with Crippen LogP contribution >= 0.6 is 0 Å². The zero-order valence-corrected chi connectivity index (χ0v) is 9.76. The number of ether oxygens (including phenoxy) is 1. The first-order chi connectivity index (χ1) is 8.60. The zero-order valence-electron chi connectivity index (χ0n) is 9.76. The first kappa shape index (κ1) is 11.2. The average Bonchev–Trinajstić information content (AvgIpc) is 2.25. The molecule has 2 aliphatic rings. The Morgan fingerprint density at radius 1 is 1.39 bits per heavy atom. The number of rotatable bonds is 2. The molecule has 0 bridgehead atoms. The van der Waals surface area contributed by atoms with Crippen molar-refractivity contribution in [2.75, 3.05) is 26.3 Å². The number of pyridine rings is 1. The van der Waals surface area contributed by atoms with Crippen LogP contribution in [0.2, 0.25) is 0 Å². The Balaban J connectivity index is 1.73. The highest BCUT2D eigenvalue weighted by Crippen LogP contribution is 2.38. The topological polar surface area (TPSA) is 85.5 Å². The molecule has 2 aliphatic heterocycles. The Kier molecular flexibility index (Phi) is 2.34. The number of carbonyl (C=O) groups excluding carboxylic acids is 2. The second-order valence-electron chi connectivity index (χ2n) is 4.95. The molecule has 1 aromatic rings. The van der Waals surface area contributed by atoms with E-state index < -0.39 is 5.91 Å². The van der Waals surface area contributed by atoms with Gasteiger partial charge >= 0.3 is 0 Å². The van der Waals surface area contributed by atoms with Gasteiger partial charge in [0.05, 0.1) is 18.6 Å². The third kappa shape index (κ3) is 1.65. The van der Waals surface area contributed by atoms with E-state index in [1.807, 2.05) is 0 Å². The van der Waals surface area contributed by atoms with E-state index in [1.54, 1.807) is 11.0 Å². The Morgan fingerprint density at radius 2 is 2.11 bits per heavy atom. The second kappa shape index (κ2) is 3.78. The van der Waals surface area contributed by atoms with Crippen LogP contribution in [0.5, 0.6) is 0 Å². The summed E-state index contributed by atoms with van der Waals surface area (Å²) in [5, 5.41) is 0. The smallest absolute Gasteiger partial charge is 0.267 e. The van der Waals surface area contributed by atoms with Crippen LogP contribution in [0.25, 0.3) is 0 Å². The third-order valence-electron chi connectivity index (χ3n) is 3.42. The minimum atomic E-state index is -0.628. The van der Waals surface area contributed by atoms with Crippen molar-refractivity contribution in [3.05, 3.63) is 29.6 Å². The Labute approximate surface area is 104 Å². The SMILES string of the molecule is NC(=O)c1cc(C(=O)N2CC3(COC3)C2)ccn1. The number of amides is 2. The second-order valence-corrected chi connectivity index (χ2v) is 4.95. The van der Waals surface area contributed by atoms with Crippen LogP contribution in [-0.2, 0) is 4.74 Å². The molecule has 1 spiro atoms. The van der Waals surface area contributed by atoms with E-state index in [0.717, 1.165) is 26.3 Å². The lowest BCUT2D eigenvalue weighted by Gasteiger charge is -2.54. The lowest BCUT2D eigenvalue weighted by atomic mass is 9.78. The van der Waals surface area contributed by atoms with E-state index in [0.29, 0.717) is 5.56 Å². The number of carbonyl (C=O) groups is 2. The van der Waals surface area contributed by atoms with Crippen LogP contribution in [0, 0.1) is 5.41 Å². The first-order valence-corrected chi connectivity index (χ1v) is 5.73. The molecule has 0 atom stereocenters. The molecule has 2 saturated heterocycles. The largest absolute Gasteiger partial charge is 0.380 e. The van der Waals surface area contributed by atoms with Crippen molar-refractivity contribution in [1.29, 1.82) is 0 Å². The summed E-state index contributed by atoms with van der Waals surface area (Å²) in [5.74, 6) is -0.713. The van der Waals surface area contributed by atoms with Gasteiger partial charge in [-0.25, -0.2) is 0 Å². The van der Waals surface area contributed by atoms with E-state index >= 15 is 0 Å². The fraction of sp³-hybridized carbons (Fsp3) is 0.417. The number of nitrogens with two attached hydrogens (primary N) is 1. The summed E-state index contributed by atoms with van der Waals surface area (Å²) in [7, 11) is 0. The molecular formula is C12H13N3O3. The van der Waals surface area contributed by atoms with E-state index in [1.165, 1.54) is 12.3 Å². The molecule has 0 aliphatic carbocycles. The molecule has 6 nitrogen and oxygen atoms in total. The predicted molar refractivity (Wildman–Crippen MR) is 61.9 cm³/mol. The van der Waals surface area contributed by atoms with Crippen molar-refractivity contribution in [2.24, 2.45) is 11.1 Å². The number of likely N-dealkylation sites (tertiary alicyclic amines) is 1. The van der Waals surface area contributed by atoms with Gasteiger partial charge in [-0.15, -0.1) is 0 Å². The number of nitrogens with zero attached hydrogens (tertiary/aromatic N) is 2. The van der Waals surface area contributed by atoms with Crippen LogP contribution in [0.3, 0.4) is 0 Å². The number of hydrogen-bond acceptors (Lipinski definition) is 4. The third-order valence-corrected chi connectivity index (χ3v) is 3.42. The molecule has 0 unspecified atom stereocenters. The van der Waals surface area contributed by atoms with Gasteiger partial charge in [0.2, 0.25) is 0 Å². The quantitative estimate of drug-likeness (QED) is 0.774. The van der Waals surface area contributed by atoms with Gasteiger partial charge < -0.3 is 15.4 Å². The fourth-order valence-corrected chi connectivity index (χ4v) is 2.36. The molecule has 3 heterocycles. The van der Waals surface area contributed by atoms with E-state index in [-0.39, 0.29) is 17.0 Å². The molecule has 2 N–H and O–H groups in total. The summed E-state index contributed by atoms with van der Waals surface area (Å²) in [4.78, 5) is 28.7. The van der Waals surface area contributed by atoms with Gasteiger partial charge in [-0.2, -0.15) is 0 Å². The molecule has 18 heavy (non-hydrogen) atoms. The summed E-state index contributed by atoms with van der Waals surface area (Å²) < 4.78 is 5.16. The first-order valence-electron chi connectivity index (χ1n) is 5.73. The van der Waals surface area contributed by atoms with Gasteiger partial charge in [0, 0.05) is 24.8 Å². The summed E-state index contributed by atoms with van der Waals surface area (Å²) in [6.07, 6.45) is 1.43.